The van der Waals surface area contributed by atoms with Crippen LogP contribution in [0.1, 0.15) is 12.6 Å². The Labute approximate surface area is 146 Å². The maximum atomic E-state index is 13.3. The van der Waals surface area contributed by atoms with Crippen LogP contribution in [0.2, 0.25) is 0 Å². The van der Waals surface area contributed by atoms with Crippen LogP contribution in [0.15, 0.2) is 36.8 Å². The molecule has 0 bridgehead atoms. The quantitative estimate of drug-likeness (QED) is 0.860. The maximum absolute atomic E-state index is 13.3. The van der Waals surface area contributed by atoms with Crippen LogP contribution in [-0.4, -0.2) is 58.1 Å². The Morgan fingerprint density at radius 1 is 1.44 bits per heavy atom. The number of aliphatic hydroxyl groups is 1. The maximum Gasteiger partial charge on any atom is 0.134 e. The van der Waals surface area contributed by atoms with Crippen molar-refractivity contribution in [2.24, 2.45) is 0 Å². The topological polar surface area (TPSA) is 59.8 Å². The van der Waals surface area contributed by atoms with Gasteiger partial charge in [-0.3, -0.25) is 4.90 Å². The number of hydrogen-bond donors (Lipinski definition) is 1. The molecule has 7 heteroatoms. The number of aryl methyl sites for hydroxylation is 1. The predicted octanol–water partition coefficient (Wildman–Crippen LogP) is 1.68. The highest BCUT2D eigenvalue weighted by Crippen LogP contribution is 2.19. The molecule has 2 aromatic rings. The first-order chi connectivity index (χ1) is 12.1. The van der Waals surface area contributed by atoms with Crippen molar-refractivity contribution in [1.82, 2.24) is 14.5 Å². The Bertz CT molecular complexity index is 694. The van der Waals surface area contributed by atoms with Crippen LogP contribution in [0.5, 0.6) is 5.75 Å². The largest absolute Gasteiger partial charge is 0.490 e. The molecule has 3 rings (SSSR count). The van der Waals surface area contributed by atoms with E-state index in [4.69, 9.17) is 9.47 Å². The third-order valence-corrected chi connectivity index (χ3v) is 4.27. The van der Waals surface area contributed by atoms with Gasteiger partial charge in [0, 0.05) is 38.4 Å². The molecule has 1 saturated heterocycles. The lowest BCUT2D eigenvalue weighted by Gasteiger charge is -2.30. The first-order valence-electron chi connectivity index (χ1n) is 8.48. The van der Waals surface area contributed by atoms with Crippen molar-refractivity contribution in [3.63, 3.8) is 0 Å². The van der Waals surface area contributed by atoms with E-state index in [0.29, 0.717) is 25.4 Å². The van der Waals surface area contributed by atoms with Crippen LogP contribution >= 0.6 is 0 Å². The van der Waals surface area contributed by atoms with Gasteiger partial charge in [0.2, 0.25) is 0 Å². The van der Waals surface area contributed by atoms with E-state index in [1.54, 1.807) is 12.1 Å². The lowest BCUT2D eigenvalue weighted by molar-refractivity contribution is -0.0648. The van der Waals surface area contributed by atoms with Crippen molar-refractivity contribution in [3.05, 3.63) is 48.3 Å². The van der Waals surface area contributed by atoms with E-state index in [1.807, 2.05) is 12.5 Å². The smallest absolute Gasteiger partial charge is 0.134 e. The summed E-state index contributed by atoms with van der Waals surface area (Å²) in [7, 11) is 0. The molecule has 2 heterocycles. The van der Waals surface area contributed by atoms with Gasteiger partial charge in [0.25, 0.3) is 0 Å². The van der Waals surface area contributed by atoms with E-state index in [2.05, 4.69) is 21.4 Å². The zero-order chi connectivity index (χ0) is 17.7. The molecule has 1 aliphatic heterocycles. The summed E-state index contributed by atoms with van der Waals surface area (Å²) in [6, 6.07) is 5.91. The van der Waals surface area contributed by atoms with E-state index in [9.17, 15) is 9.50 Å². The second-order valence-electron chi connectivity index (χ2n) is 6.40. The molecule has 25 heavy (non-hydrogen) atoms. The van der Waals surface area contributed by atoms with E-state index in [-0.39, 0.29) is 19.0 Å². The molecule has 1 aromatic carbocycles. The molecule has 136 valence electrons. The molecule has 0 amide bonds. The number of halogens is 1. The SMILES string of the molecule is CCn1cncc1CN1CCOCC(O)(COc2cccc(F)c2)C1. The van der Waals surface area contributed by atoms with Crippen molar-refractivity contribution in [2.45, 2.75) is 25.6 Å². The van der Waals surface area contributed by atoms with Crippen LogP contribution in [0.3, 0.4) is 0 Å². The van der Waals surface area contributed by atoms with Crippen LogP contribution < -0.4 is 4.74 Å². The molecule has 1 aromatic heterocycles. The highest BCUT2D eigenvalue weighted by atomic mass is 19.1. The van der Waals surface area contributed by atoms with Crippen molar-refractivity contribution < 1.29 is 19.0 Å². The highest BCUT2D eigenvalue weighted by Gasteiger charge is 2.33. The van der Waals surface area contributed by atoms with E-state index in [0.717, 1.165) is 18.8 Å². The Balaban J connectivity index is 1.63. The fourth-order valence-corrected chi connectivity index (χ4v) is 2.99. The molecular weight excluding hydrogens is 325 g/mol. The summed E-state index contributed by atoms with van der Waals surface area (Å²) in [5.41, 5.74) is -0.0577. The van der Waals surface area contributed by atoms with Crippen molar-refractivity contribution in [3.8, 4) is 5.75 Å². The monoisotopic (exact) mass is 349 g/mol. The number of aromatic nitrogens is 2. The van der Waals surface area contributed by atoms with Gasteiger partial charge in [0.15, 0.2) is 0 Å². The number of nitrogens with zero attached hydrogens (tertiary/aromatic N) is 3. The molecular formula is C18H24FN3O3. The van der Waals surface area contributed by atoms with Gasteiger partial charge in [0.05, 0.1) is 25.2 Å². The fraction of sp³-hybridized carbons (Fsp3) is 0.500. The minimum absolute atomic E-state index is 0.0417. The summed E-state index contributed by atoms with van der Waals surface area (Å²) in [5, 5.41) is 10.9. The Kier molecular flexibility index (Phi) is 5.67. The van der Waals surface area contributed by atoms with Gasteiger partial charge in [-0.15, -0.1) is 0 Å². The lowest BCUT2D eigenvalue weighted by Crippen LogP contribution is -2.48. The summed E-state index contributed by atoms with van der Waals surface area (Å²) in [4.78, 5) is 6.31. The zero-order valence-electron chi connectivity index (χ0n) is 14.4. The normalized spacial score (nSPS) is 21.9. The third kappa shape index (κ3) is 4.78. The van der Waals surface area contributed by atoms with Gasteiger partial charge in [-0.1, -0.05) is 6.07 Å². The van der Waals surface area contributed by atoms with Gasteiger partial charge in [0.1, 0.15) is 23.8 Å². The number of ether oxygens (including phenoxy) is 2. The number of β-amino-alcohol motifs (C(OH)–C–C–N with tert-alkyl or cyclic N) is 1. The summed E-state index contributed by atoms with van der Waals surface area (Å²) in [6.07, 6.45) is 3.65. The molecule has 0 spiro atoms. The minimum Gasteiger partial charge on any atom is -0.490 e. The van der Waals surface area contributed by atoms with E-state index >= 15 is 0 Å². The molecule has 1 unspecified atom stereocenters. The van der Waals surface area contributed by atoms with Crippen LogP contribution in [0.25, 0.3) is 0 Å². The van der Waals surface area contributed by atoms with Crippen LogP contribution in [0.4, 0.5) is 4.39 Å². The summed E-state index contributed by atoms with van der Waals surface area (Å²) in [5.74, 6) is 0.0318. The molecule has 0 saturated carbocycles. The van der Waals surface area contributed by atoms with Crippen molar-refractivity contribution in [2.75, 3.05) is 32.9 Å². The Hall–Kier alpha value is -1.96. The van der Waals surface area contributed by atoms with Gasteiger partial charge in [-0.2, -0.15) is 0 Å². The highest BCUT2D eigenvalue weighted by molar-refractivity contribution is 5.22. The average Bonchev–Trinajstić information content (AvgIpc) is 2.95. The summed E-state index contributed by atoms with van der Waals surface area (Å²) < 4.78 is 26.5. The molecule has 1 N–H and O–H groups in total. The van der Waals surface area contributed by atoms with Gasteiger partial charge < -0.3 is 19.1 Å². The number of hydrogen-bond acceptors (Lipinski definition) is 5. The van der Waals surface area contributed by atoms with E-state index < -0.39 is 5.60 Å². The lowest BCUT2D eigenvalue weighted by atomic mass is 10.1. The second kappa shape index (κ2) is 7.95. The Morgan fingerprint density at radius 3 is 3.12 bits per heavy atom. The second-order valence-corrected chi connectivity index (χ2v) is 6.40. The minimum atomic E-state index is -1.15. The Morgan fingerprint density at radius 2 is 2.32 bits per heavy atom. The van der Waals surface area contributed by atoms with Crippen molar-refractivity contribution >= 4 is 0 Å². The van der Waals surface area contributed by atoms with E-state index in [1.165, 1.54) is 12.1 Å². The fourth-order valence-electron chi connectivity index (χ4n) is 2.99. The molecule has 0 aliphatic carbocycles. The molecule has 6 nitrogen and oxygen atoms in total. The first kappa shape index (κ1) is 17.8. The summed E-state index contributed by atoms with van der Waals surface area (Å²) >= 11 is 0. The van der Waals surface area contributed by atoms with Gasteiger partial charge >= 0.3 is 0 Å². The van der Waals surface area contributed by atoms with Gasteiger partial charge in [-0.05, 0) is 19.1 Å². The summed E-state index contributed by atoms with van der Waals surface area (Å²) in [6.45, 7) is 5.51. The number of imidazole rings is 1. The molecule has 1 atom stereocenters. The third-order valence-electron chi connectivity index (χ3n) is 4.27. The average molecular weight is 349 g/mol. The van der Waals surface area contributed by atoms with Crippen molar-refractivity contribution in [1.29, 1.82) is 0 Å². The standard InChI is InChI=1S/C18H24FN3O3/c1-2-22-14-20-9-16(22)10-21-6-7-24-12-18(23,11-21)13-25-17-5-3-4-15(19)8-17/h3-5,8-9,14,23H,2,6-7,10-13H2,1H3. The first-order valence-corrected chi connectivity index (χ1v) is 8.48. The molecule has 0 radical (unpaired) electrons. The number of rotatable bonds is 6. The predicted molar refractivity (Wildman–Crippen MR) is 90.8 cm³/mol. The number of benzene rings is 1. The zero-order valence-corrected chi connectivity index (χ0v) is 14.4. The van der Waals surface area contributed by atoms with Crippen LogP contribution in [-0.2, 0) is 17.8 Å². The molecule has 1 aliphatic rings. The van der Waals surface area contributed by atoms with Crippen LogP contribution in [0, 0.1) is 5.82 Å². The van der Waals surface area contributed by atoms with Gasteiger partial charge in [-0.25, -0.2) is 9.37 Å². The molecule has 1 fully saturated rings.